The standard InChI is InChI=1S/C12H17ClN2/c1-14-12-6-7-15(9-12)8-10-2-4-11(13)5-3-10/h2-5,12,14H,6-9H2,1H3. The first-order chi connectivity index (χ1) is 7.28. The van der Waals surface area contributed by atoms with E-state index in [1.165, 1.54) is 18.5 Å². The fraction of sp³-hybridized carbons (Fsp3) is 0.500. The Labute approximate surface area is 96.2 Å². The van der Waals surface area contributed by atoms with E-state index in [0.29, 0.717) is 6.04 Å². The summed E-state index contributed by atoms with van der Waals surface area (Å²) < 4.78 is 0. The minimum Gasteiger partial charge on any atom is -0.316 e. The van der Waals surface area contributed by atoms with Crippen molar-refractivity contribution in [2.45, 2.75) is 19.0 Å². The zero-order chi connectivity index (χ0) is 10.7. The summed E-state index contributed by atoms with van der Waals surface area (Å²) in [4.78, 5) is 2.48. The Kier molecular flexibility index (Phi) is 3.62. The van der Waals surface area contributed by atoms with Gasteiger partial charge in [-0.1, -0.05) is 23.7 Å². The van der Waals surface area contributed by atoms with Crippen LogP contribution in [0.5, 0.6) is 0 Å². The average molecular weight is 225 g/mol. The highest BCUT2D eigenvalue weighted by Crippen LogP contribution is 2.15. The second-order valence-corrected chi connectivity index (χ2v) is 4.57. The first kappa shape index (κ1) is 10.9. The Morgan fingerprint density at radius 3 is 2.73 bits per heavy atom. The molecule has 1 unspecified atom stereocenters. The molecule has 1 saturated heterocycles. The van der Waals surface area contributed by atoms with Gasteiger partial charge in [0.05, 0.1) is 0 Å². The van der Waals surface area contributed by atoms with Gasteiger partial charge in [0.2, 0.25) is 0 Å². The third-order valence-electron chi connectivity index (χ3n) is 3.00. The first-order valence-corrected chi connectivity index (χ1v) is 5.80. The molecule has 1 aliphatic rings. The van der Waals surface area contributed by atoms with Crippen LogP contribution in [-0.4, -0.2) is 31.1 Å². The fourth-order valence-electron chi connectivity index (χ4n) is 2.06. The van der Waals surface area contributed by atoms with Gasteiger partial charge in [0.15, 0.2) is 0 Å². The molecule has 15 heavy (non-hydrogen) atoms. The summed E-state index contributed by atoms with van der Waals surface area (Å²) >= 11 is 5.85. The third kappa shape index (κ3) is 2.94. The molecule has 0 bridgehead atoms. The van der Waals surface area contributed by atoms with E-state index in [9.17, 15) is 0 Å². The minimum atomic E-state index is 0.664. The van der Waals surface area contributed by atoms with Crippen LogP contribution in [0.4, 0.5) is 0 Å². The molecule has 1 atom stereocenters. The second-order valence-electron chi connectivity index (χ2n) is 4.14. The van der Waals surface area contributed by atoms with E-state index in [-0.39, 0.29) is 0 Å². The Hall–Kier alpha value is -0.570. The van der Waals surface area contributed by atoms with Gasteiger partial charge in [-0.05, 0) is 31.2 Å². The molecule has 2 nitrogen and oxygen atoms in total. The number of rotatable bonds is 3. The van der Waals surface area contributed by atoms with Crippen LogP contribution in [0.15, 0.2) is 24.3 Å². The number of hydrogen-bond acceptors (Lipinski definition) is 2. The van der Waals surface area contributed by atoms with Crippen LogP contribution in [0.25, 0.3) is 0 Å². The Morgan fingerprint density at radius 2 is 2.13 bits per heavy atom. The lowest BCUT2D eigenvalue weighted by Gasteiger charge is -2.15. The van der Waals surface area contributed by atoms with Crippen LogP contribution in [0, 0.1) is 0 Å². The average Bonchev–Trinajstić information content (AvgIpc) is 2.69. The molecule has 3 heteroatoms. The number of likely N-dealkylation sites (N-methyl/N-ethyl adjacent to an activating group) is 1. The number of halogens is 1. The molecule has 1 fully saturated rings. The summed E-state index contributed by atoms with van der Waals surface area (Å²) in [5.41, 5.74) is 1.34. The van der Waals surface area contributed by atoms with Crippen molar-refractivity contribution in [2.75, 3.05) is 20.1 Å². The van der Waals surface area contributed by atoms with Crippen molar-refractivity contribution < 1.29 is 0 Å². The molecule has 1 N–H and O–H groups in total. The van der Waals surface area contributed by atoms with E-state index in [1.54, 1.807) is 0 Å². The zero-order valence-electron chi connectivity index (χ0n) is 9.04. The molecule has 0 amide bonds. The molecule has 0 radical (unpaired) electrons. The Morgan fingerprint density at radius 1 is 1.40 bits per heavy atom. The minimum absolute atomic E-state index is 0.664. The molecule has 0 aromatic heterocycles. The van der Waals surface area contributed by atoms with Crippen molar-refractivity contribution in [1.82, 2.24) is 10.2 Å². The maximum absolute atomic E-state index is 5.85. The van der Waals surface area contributed by atoms with Crippen LogP contribution in [-0.2, 0) is 6.54 Å². The molecule has 82 valence electrons. The van der Waals surface area contributed by atoms with Gasteiger partial charge in [-0.15, -0.1) is 0 Å². The van der Waals surface area contributed by atoms with Crippen LogP contribution < -0.4 is 5.32 Å². The van der Waals surface area contributed by atoms with Crippen LogP contribution >= 0.6 is 11.6 Å². The van der Waals surface area contributed by atoms with Crippen molar-refractivity contribution in [2.24, 2.45) is 0 Å². The van der Waals surface area contributed by atoms with Crippen LogP contribution in [0.1, 0.15) is 12.0 Å². The summed E-state index contributed by atoms with van der Waals surface area (Å²) in [6, 6.07) is 8.80. The maximum atomic E-state index is 5.85. The predicted molar refractivity (Wildman–Crippen MR) is 64.2 cm³/mol. The predicted octanol–water partition coefficient (Wildman–Crippen LogP) is 2.13. The molecule has 0 spiro atoms. The summed E-state index contributed by atoms with van der Waals surface area (Å²) in [6.45, 7) is 3.38. The number of nitrogens with zero attached hydrogens (tertiary/aromatic N) is 1. The van der Waals surface area contributed by atoms with Gasteiger partial charge < -0.3 is 5.32 Å². The Balaban J connectivity index is 1.90. The van der Waals surface area contributed by atoms with Crippen LogP contribution in [0.3, 0.4) is 0 Å². The highest BCUT2D eigenvalue weighted by molar-refractivity contribution is 6.30. The third-order valence-corrected chi connectivity index (χ3v) is 3.25. The molecule has 1 heterocycles. The fourth-order valence-corrected chi connectivity index (χ4v) is 2.19. The zero-order valence-corrected chi connectivity index (χ0v) is 9.80. The highest BCUT2D eigenvalue weighted by atomic mass is 35.5. The summed E-state index contributed by atoms with van der Waals surface area (Å²) in [7, 11) is 2.04. The quantitative estimate of drug-likeness (QED) is 0.847. The van der Waals surface area contributed by atoms with Crippen molar-refractivity contribution in [3.63, 3.8) is 0 Å². The SMILES string of the molecule is CNC1CCN(Cc2ccc(Cl)cc2)C1. The molecule has 1 aromatic rings. The molecular weight excluding hydrogens is 208 g/mol. The van der Waals surface area contributed by atoms with Gasteiger partial charge >= 0.3 is 0 Å². The van der Waals surface area contributed by atoms with E-state index < -0.39 is 0 Å². The van der Waals surface area contributed by atoms with Gasteiger partial charge in [-0.25, -0.2) is 0 Å². The lowest BCUT2D eigenvalue weighted by Crippen LogP contribution is -2.29. The van der Waals surface area contributed by atoms with E-state index in [4.69, 9.17) is 11.6 Å². The van der Waals surface area contributed by atoms with Gasteiger partial charge in [0.1, 0.15) is 0 Å². The van der Waals surface area contributed by atoms with Gasteiger partial charge in [-0.3, -0.25) is 4.90 Å². The molecule has 2 rings (SSSR count). The smallest absolute Gasteiger partial charge is 0.0406 e. The van der Waals surface area contributed by atoms with Gasteiger partial charge in [-0.2, -0.15) is 0 Å². The number of likely N-dealkylation sites (tertiary alicyclic amines) is 1. The molecule has 0 aliphatic carbocycles. The lowest BCUT2D eigenvalue weighted by molar-refractivity contribution is 0.322. The van der Waals surface area contributed by atoms with Crippen molar-refractivity contribution in [1.29, 1.82) is 0 Å². The van der Waals surface area contributed by atoms with Crippen molar-refractivity contribution in [3.05, 3.63) is 34.9 Å². The molecule has 1 aromatic carbocycles. The lowest BCUT2D eigenvalue weighted by atomic mass is 10.2. The topological polar surface area (TPSA) is 15.3 Å². The first-order valence-electron chi connectivity index (χ1n) is 5.42. The summed E-state index contributed by atoms with van der Waals surface area (Å²) in [5.74, 6) is 0. The molecule has 1 aliphatic heterocycles. The molecule has 0 saturated carbocycles. The summed E-state index contributed by atoms with van der Waals surface area (Å²) in [6.07, 6.45) is 1.25. The Bertz CT molecular complexity index is 310. The number of benzene rings is 1. The van der Waals surface area contributed by atoms with E-state index in [1.807, 2.05) is 19.2 Å². The normalized spacial score (nSPS) is 22.1. The van der Waals surface area contributed by atoms with Crippen molar-refractivity contribution >= 4 is 11.6 Å². The second kappa shape index (κ2) is 4.97. The largest absolute Gasteiger partial charge is 0.316 e. The van der Waals surface area contributed by atoms with Crippen LogP contribution in [0.2, 0.25) is 5.02 Å². The monoisotopic (exact) mass is 224 g/mol. The number of nitrogens with one attached hydrogen (secondary N) is 1. The van der Waals surface area contributed by atoms with Gasteiger partial charge in [0, 0.05) is 30.7 Å². The van der Waals surface area contributed by atoms with Crippen molar-refractivity contribution in [3.8, 4) is 0 Å². The molecular formula is C12H17ClN2. The van der Waals surface area contributed by atoms with Gasteiger partial charge in [0.25, 0.3) is 0 Å². The highest BCUT2D eigenvalue weighted by Gasteiger charge is 2.20. The van der Waals surface area contributed by atoms with E-state index >= 15 is 0 Å². The van der Waals surface area contributed by atoms with E-state index in [2.05, 4.69) is 22.3 Å². The number of hydrogen-bond donors (Lipinski definition) is 1. The summed E-state index contributed by atoms with van der Waals surface area (Å²) in [5, 5.41) is 4.14. The van der Waals surface area contributed by atoms with E-state index in [0.717, 1.165) is 18.1 Å². The maximum Gasteiger partial charge on any atom is 0.0406 e.